The number of primary amides is 1. The van der Waals surface area contributed by atoms with Crippen molar-refractivity contribution < 1.29 is 14.3 Å². The zero-order chi connectivity index (χ0) is 21.5. The van der Waals surface area contributed by atoms with Gasteiger partial charge in [0, 0.05) is 41.6 Å². The SMILES string of the molecule is NC(=O)Cc1csc(SCC(=O)NC[C@H]2CN(Cc3cc(Cl)cc(Cl)c3)CCO2)n1. The number of benzene rings is 1. The predicted octanol–water partition coefficient (Wildman–Crippen LogP) is 2.59. The van der Waals surface area contributed by atoms with Gasteiger partial charge in [0.1, 0.15) is 0 Å². The first-order valence-corrected chi connectivity index (χ1v) is 11.9. The summed E-state index contributed by atoms with van der Waals surface area (Å²) in [4.78, 5) is 29.6. The number of carbonyl (C=O) groups excluding carboxylic acids is 2. The van der Waals surface area contributed by atoms with Gasteiger partial charge in [0.05, 0.1) is 30.6 Å². The number of ether oxygens (including phenoxy) is 1. The molecule has 3 rings (SSSR count). The van der Waals surface area contributed by atoms with Crippen LogP contribution in [-0.4, -0.2) is 59.8 Å². The second kappa shape index (κ2) is 11.3. The van der Waals surface area contributed by atoms with Gasteiger partial charge in [-0.3, -0.25) is 14.5 Å². The minimum atomic E-state index is -0.422. The minimum Gasteiger partial charge on any atom is -0.374 e. The van der Waals surface area contributed by atoms with Gasteiger partial charge in [0.2, 0.25) is 11.8 Å². The van der Waals surface area contributed by atoms with E-state index in [1.165, 1.54) is 23.1 Å². The highest BCUT2D eigenvalue weighted by Gasteiger charge is 2.21. The average molecular weight is 489 g/mol. The molecule has 2 amide bonds. The maximum atomic E-state index is 12.2. The monoisotopic (exact) mass is 488 g/mol. The molecule has 0 unspecified atom stereocenters. The molecule has 1 aliphatic heterocycles. The molecule has 0 spiro atoms. The van der Waals surface area contributed by atoms with Gasteiger partial charge in [0.25, 0.3) is 0 Å². The number of morpholine rings is 1. The summed E-state index contributed by atoms with van der Waals surface area (Å²) < 4.78 is 6.52. The Bertz CT molecular complexity index is 876. The van der Waals surface area contributed by atoms with Crippen molar-refractivity contribution in [3.05, 3.63) is 44.9 Å². The Morgan fingerprint density at radius 3 is 2.83 bits per heavy atom. The molecule has 3 N–H and O–H groups in total. The van der Waals surface area contributed by atoms with Crippen molar-refractivity contribution in [3.63, 3.8) is 0 Å². The highest BCUT2D eigenvalue weighted by atomic mass is 35.5. The summed E-state index contributed by atoms with van der Waals surface area (Å²) >= 11 is 14.9. The van der Waals surface area contributed by atoms with E-state index in [4.69, 9.17) is 33.7 Å². The van der Waals surface area contributed by atoms with Crippen LogP contribution in [0.2, 0.25) is 10.0 Å². The van der Waals surface area contributed by atoms with Crippen LogP contribution in [0.5, 0.6) is 0 Å². The Labute approximate surface area is 193 Å². The van der Waals surface area contributed by atoms with Gasteiger partial charge in [-0.15, -0.1) is 11.3 Å². The van der Waals surface area contributed by atoms with Crippen molar-refractivity contribution in [3.8, 4) is 0 Å². The van der Waals surface area contributed by atoms with Crippen LogP contribution >= 0.6 is 46.3 Å². The van der Waals surface area contributed by atoms with E-state index in [9.17, 15) is 9.59 Å². The number of hydrogen-bond donors (Lipinski definition) is 2. The van der Waals surface area contributed by atoms with Crippen LogP contribution in [0.4, 0.5) is 0 Å². The van der Waals surface area contributed by atoms with Crippen molar-refractivity contribution in [1.29, 1.82) is 0 Å². The fourth-order valence-electron chi connectivity index (χ4n) is 3.03. The lowest BCUT2D eigenvalue weighted by molar-refractivity contribution is -0.120. The van der Waals surface area contributed by atoms with Gasteiger partial charge < -0.3 is 15.8 Å². The van der Waals surface area contributed by atoms with Gasteiger partial charge in [-0.05, 0) is 23.8 Å². The third-order valence-electron chi connectivity index (χ3n) is 4.29. The fourth-order valence-corrected chi connectivity index (χ4v) is 5.27. The Balaban J connectivity index is 1.40. The second-order valence-corrected chi connectivity index (χ2v) is 9.80. The van der Waals surface area contributed by atoms with Crippen LogP contribution in [0.1, 0.15) is 11.3 Å². The molecule has 1 atom stereocenters. The van der Waals surface area contributed by atoms with Gasteiger partial charge in [0.15, 0.2) is 4.34 Å². The normalized spacial score (nSPS) is 17.1. The lowest BCUT2D eigenvalue weighted by atomic mass is 10.2. The number of nitrogens with two attached hydrogens (primary N) is 1. The van der Waals surface area contributed by atoms with Crippen LogP contribution < -0.4 is 11.1 Å². The molecular formula is C19H22Cl2N4O3S2. The number of thiazole rings is 1. The minimum absolute atomic E-state index is 0.0793. The van der Waals surface area contributed by atoms with Crippen molar-refractivity contribution in [2.45, 2.75) is 23.4 Å². The molecule has 0 aliphatic carbocycles. The summed E-state index contributed by atoms with van der Waals surface area (Å²) in [7, 11) is 0. The van der Waals surface area contributed by atoms with E-state index in [0.717, 1.165) is 23.0 Å². The van der Waals surface area contributed by atoms with E-state index >= 15 is 0 Å². The van der Waals surface area contributed by atoms with Crippen LogP contribution in [0.25, 0.3) is 0 Å². The average Bonchev–Trinajstić information content (AvgIpc) is 3.11. The number of hydrogen-bond acceptors (Lipinski definition) is 7. The van der Waals surface area contributed by atoms with Crippen molar-refractivity contribution >= 4 is 58.1 Å². The molecule has 1 aromatic carbocycles. The summed E-state index contributed by atoms with van der Waals surface area (Å²) in [6, 6.07) is 5.53. The van der Waals surface area contributed by atoms with Gasteiger partial charge >= 0.3 is 0 Å². The fraction of sp³-hybridized carbons (Fsp3) is 0.421. The van der Waals surface area contributed by atoms with E-state index in [1.54, 1.807) is 11.4 Å². The predicted molar refractivity (Wildman–Crippen MR) is 120 cm³/mol. The van der Waals surface area contributed by atoms with Crippen molar-refractivity contribution in [2.75, 3.05) is 32.0 Å². The van der Waals surface area contributed by atoms with E-state index in [0.29, 0.717) is 35.4 Å². The summed E-state index contributed by atoms with van der Waals surface area (Å²) in [6.45, 7) is 3.28. The Kier molecular flexibility index (Phi) is 8.79. The number of nitrogens with one attached hydrogen (secondary N) is 1. The Morgan fingerprint density at radius 1 is 1.33 bits per heavy atom. The molecule has 2 aromatic rings. The smallest absolute Gasteiger partial charge is 0.230 e. The number of nitrogens with zero attached hydrogens (tertiary/aromatic N) is 2. The summed E-state index contributed by atoms with van der Waals surface area (Å²) in [5.74, 6) is -0.260. The Morgan fingerprint density at radius 2 is 2.10 bits per heavy atom. The summed E-state index contributed by atoms with van der Waals surface area (Å²) in [5, 5.41) is 5.93. The van der Waals surface area contributed by atoms with E-state index in [2.05, 4.69) is 15.2 Å². The number of amides is 2. The lowest BCUT2D eigenvalue weighted by Gasteiger charge is -2.33. The van der Waals surface area contributed by atoms with Crippen molar-refractivity contribution in [2.24, 2.45) is 5.73 Å². The summed E-state index contributed by atoms with van der Waals surface area (Å²) in [5.41, 5.74) is 6.84. The van der Waals surface area contributed by atoms with Gasteiger partial charge in [-0.25, -0.2) is 4.98 Å². The van der Waals surface area contributed by atoms with Crippen LogP contribution in [0.3, 0.4) is 0 Å². The maximum absolute atomic E-state index is 12.2. The lowest BCUT2D eigenvalue weighted by Crippen LogP contribution is -2.47. The first-order chi connectivity index (χ1) is 14.4. The molecule has 162 valence electrons. The molecule has 1 fully saturated rings. The number of thioether (sulfide) groups is 1. The van der Waals surface area contributed by atoms with E-state index in [1.807, 2.05) is 12.1 Å². The van der Waals surface area contributed by atoms with Crippen molar-refractivity contribution in [1.82, 2.24) is 15.2 Å². The first kappa shape index (κ1) is 23.3. The molecule has 2 heterocycles. The number of carbonyl (C=O) groups is 2. The molecular weight excluding hydrogens is 467 g/mol. The molecule has 30 heavy (non-hydrogen) atoms. The van der Waals surface area contributed by atoms with Crippen LogP contribution in [-0.2, 0) is 27.3 Å². The van der Waals surface area contributed by atoms with Crippen LogP contribution in [0.15, 0.2) is 27.9 Å². The zero-order valence-corrected chi connectivity index (χ0v) is 19.3. The standard InChI is InChI=1S/C19H22Cl2N4O3S2/c20-13-3-12(4-14(21)5-13)8-25-1-2-28-16(9-25)7-23-18(27)11-30-19-24-15(10-29-19)6-17(22)26/h3-5,10,16H,1-2,6-9,11H2,(H2,22,26)(H,23,27)/t16-/m0/s1. The first-order valence-electron chi connectivity index (χ1n) is 9.28. The van der Waals surface area contributed by atoms with E-state index < -0.39 is 5.91 Å². The third kappa shape index (κ3) is 7.72. The number of aromatic nitrogens is 1. The molecule has 1 saturated heterocycles. The van der Waals surface area contributed by atoms with E-state index in [-0.39, 0.29) is 24.2 Å². The maximum Gasteiger partial charge on any atom is 0.230 e. The third-order valence-corrected chi connectivity index (χ3v) is 6.80. The number of rotatable bonds is 9. The highest BCUT2D eigenvalue weighted by Crippen LogP contribution is 2.23. The summed E-state index contributed by atoms with van der Waals surface area (Å²) in [6.07, 6.45) is 0.0320. The highest BCUT2D eigenvalue weighted by molar-refractivity contribution is 8.01. The van der Waals surface area contributed by atoms with Gasteiger partial charge in [-0.2, -0.15) is 0 Å². The second-order valence-electron chi connectivity index (χ2n) is 6.85. The molecule has 0 saturated carbocycles. The quantitative estimate of drug-likeness (QED) is 0.526. The topological polar surface area (TPSA) is 97.5 Å². The number of halogens is 2. The largest absolute Gasteiger partial charge is 0.374 e. The Hall–Kier alpha value is -1.36. The molecule has 11 heteroatoms. The van der Waals surface area contributed by atoms with Gasteiger partial charge in [-0.1, -0.05) is 35.0 Å². The molecule has 1 aromatic heterocycles. The van der Waals surface area contributed by atoms with Crippen LogP contribution in [0, 0.1) is 0 Å². The molecule has 1 aliphatic rings. The zero-order valence-electron chi connectivity index (χ0n) is 16.1. The molecule has 7 nitrogen and oxygen atoms in total. The molecule has 0 radical (unpaired) electrons. The molecule has 0 bridgehead atoms.